The van der Waals surface area contributed by atoms with Crippen LogP contribution in [0.3, 0.4) is 0 Å². The van der Waals surface area contributed by atoms with Crippen LogP contribution >= 0.6 is 0 Å². The molecule has 0 saturated carbocycles. The Balaban J connectivity index is 1.34. The minimum absolute atomic E-state index is 0.859. The zero-order chi connectivity index (χ0) is 17.9. The lowest BCUT2D eigenvalue weighted by atomic mass is 10.1. The third-order valence-electron chi connectivity index (χ3n) is 5.23. The molecular weight excluding hydrogens is 324 g/mol. The van der Waals surface area contributed by atoms with Gasteiger partial charge < -0.3 is 9.72 Å². The zero-order valence-electron chi connectivity index (χ0n) is 15.5. The fraction of sp³-hybridized carbons (Fsp3) is 0.381. The first-order valence-corrected chi connectivity index (χ1v) is 9.23. The average Bonchev–Trinajstić information content (AvgIpc) is 3.06. The van der Waals surface area contributed by atoms with Gasteiger partial charge in [-0.25, -0.2) is 4.98 Å². The quantitative estimate of drug-likeness (QED) is 0.767. The van der Waals surface area contributed by atoms with Gasteiger partial charge in [0.2, 0.25) is 0 Å². The maximum Gasteiger partial charge on any atom is 0.121 e. The average molecular weight is 350 g/mol. The Morgan fingerprint density at radius 1 is 1.00 bits per heavy atom. The van der Waals surface area contributed by atoms with Crippen LogP contribution in [0, 0.1) is 6.92 Å². The standard InChI is InChI=1S/C21H26N4O/c1-16-5-3-4-6-17(16)14-24-9-11-25(12-10-24)15-21-22-19-8-7-18(26-2)13-20(19)23-21/h3-8,13H,9-12,14-15H2,1-2H3,(H,22,23). The van der Waals surface area contributed by atoms with Crippen molar-refractivity contribution >= 4 is 11.0 Å². The summed E-state index contributed by atoms with van der Waals surface area (Å²) in [5, 5.41) is 0. The molecule has 1 saturated heterocycles. The van der Waals surface area contributed by atoms with Gasteiger partial charge >= 0.3 is 0 Å². The monoisotopic (exact) mass is 350 g/mol. The van der Waals surface area contributed by atoms with E-state index in [9.17, 15) is 0 Å². The van der Waals surface area contributed by atoms with Crippen LogP contribution in [0.4, 0.5) is 0 Å². The summed E-state index contributed by atoms with van der Waals surface area (Å²) in [4.78, 5) is 13.2. The van der Waals surface area contributed by atoms with Crippen molar-refractivity contribution in [3.63, 3.8) is 0 Å². The number of nitrogens with zero attached hydrogens (tertiary/aromatic N) is 3. The molecule has 0 radical (unpaired) electrons. The number of imidazole rings is 1. The van der Waals surface area contributed by atoms with Crippen molar-refractivity contribution in [3.05, 3.63) is 59.4 Å². The van der Waals surface area contributed by atoms with Gasteiger partial charge in [0.1, 0.15) is 11.6 Å². The largest absolute Gasteiger partial charge is 0.497 e. The van der Waals surface area contributed by atoms with E-state index < -0.39 is 0 Å². The maximum atomic E-state index is 5.29. The number of benzene rings is 2. The van der Waals surface area contributed by atoms with Crippen molar-refractivity contribution in [2.75, 3.05) is 33.3 Å². The second-order valence-electron chi connectivity index (χ2n) is 7.05. The molecule has 0 bridgehead atoms. The first-order valence-electron chi connectivity index (χ1n) is 9.23. The third kappa shape index (κ3) is 3.74. The predicted molar refractivity (Wildman–Crippen MR) is 104 cm³/mol. The first-order chi connectivity index (χ1) is 12.7. The van der Waals surface area contributed by atoms with Crippen molar-refractivity contribution in [3.8, 4) is 5.75 Å². The van der Waals surface area contributed by atoms with Gasteiger partial charge in [-0.2, -0.15) is 0 Å². The molecule has 2 heterocycles. The second kappa shape index (κ2) is 7.48. The molecule has 1 aliphatic rings. The van der Waals surface area contributed by atoms with E-state index in [0.29, 0.717) is 0 Å². The third-order valence-corrected chi connectivity index (χ3v) is 5.23. The van der Waals surface area contributed by atoms with Crippen molar-refractivity contribution in [2.45, 2.75) is 20.0 Å². The van der Waals surface area contributed by atoms with Crippen LogP contribution in [-0.4, -0.2) is 53.1 Å². The van der Waals surface area contributed by atoms with Gasteiger partial charge in [0.05, 0.1) is 24.7 Å². The van der Waals surface area contributed by atoms with Crippen molar-refractivity contribution in [1.29, 1.82) is 0 Å². The Bertz CT molecular complexity index is 881. The molecule has 2 aromatic carbocycles. The normalized spacial score (nSPS) is 16.2. The molecule has 0 amide bonds. The zero-order valence-corrected chi connectivity index (χ0v) is 15.5. The van der Waals surface area contributed by atoms with E-state index in [4.69, 9.17) is 9.72 Å². The van der Waals surface area contributed by atoms with Crippen molar-refractivity contribution < 1.29 is 4.74 Å². The van der Waals surface area contributed by atoms with E-state index in [1.165, 1.54) is 11.1 Å². The molecule has 1 aromatic heterocycles. The number of fused-ring (bicyclic) bond motifs is 1. The highest BCUT2D eigenvalue weighted by Crippen LogP contribution is 2.20. The number of aryl methyl sites for hydroxylation is 1. The topological polar surface area (TPSA) is 44.4 Å². The number of nitrogens with one attached hydrogen (secondary N) is 1. The van der Waals surface area contributed by atoms with E-state index in [1.54, 1.807) is 7.11 Å². The highest BCUT2D eigenvalue weighted by atomic mass is 16.5. The summed E-state index contributed by atoms with van der Waals surface area (Å²) in [5.41, 5.74) is 4.86. The van der Waals surface area contributed by atoms with Crippen LogP contribution in [0.1, 0.15) is 17.0 Å². The molecule has 26 heavy (non-hydrogen) atoms. The summed E-state index contributed by atoms with van der Waals surface area (Å²) in [6.45, 7) is 8.46. The molecule has 5 nitrogen and oxygen atoms in total. The Morgan fingerprint density at radius 2 is 1.73 bits per heavy atom. The Hall–Kier alpha value is -2.37. The molecule has 5 heteroatoms. The number of aromatic amines is 1. The lowest BCUT2D eigenvalue weighted by molar-refractivity contribution is 0.120. The molecule has 136 valence electrons. The van der Waals surface area contributed by atoms with Gasteiger partial charge in [0.15, 0.2) is 0 Å². The van der Waals surface area contributed by atoms with E-state index in [0.717, 1.165) is 61.9 Å². The number of aromatic nitrogens is 2. The van der Waals surface area contributed by atoms with Gasteiger partial charge in [0, 0.05) is 38.8 Å². The van der Waals surface area contributed by atoms with Crippen LogP contribution in [0.5, 0.6) is 5.75 Å². The summed E-state index contributed by atoms with van der Waals surface area (Å²) in [6.07, 6.45) is 0. The highest BCUT2D eigenvalue weighted by Gasteiger charge is 2.18. The highest BCUT2D eigenvalue weighted by molar-refractivity contribution is 5.76. The van der Waals surface area contributed by atoms with Crippen LogP contribution in [0.25, 0.3) is 11.0 Å². The van der Waals surface area contributed by atoms with Gasteiger partial charge in [-0.05, 0) is 30.2 Å². The summed E-state index contributed by atoms with van der Waals surface area (Å²) < 4.78 is 5.29. The summed E-state index contributed by atoms with van der Waals surface area (Å²) >= 11 is 0. The van der Waals surface area contributed by atoms with Gasteiger partial charge in [-0.1, -0.05) is 24.3 Å². The summed E-state index contributed by atoms with van der Waals surface area (Å²) in [6, 6.07) is 14.7. The first kappa shape index (κ1) is 17.1. The lowest BCUT2D eigenvalue weighted by Gasteiger charge is -2.34. The Labute approximate surface area is 154 Å². The molecule has 1 N–H and O–H groups in total. The number of piperazine rings is 1. The van der Waals surface area contributed by atoms with E-state index in [1.807, 2.05) is 18.2 Å². The Morgan fingerprint density at radius 3 is 2.46 bits per heavy atom. The van der Waals surface area contributed by atoms with E-state index in [-0.39, 0.29) is 0 Å². The smallest absolute Gasteiger partial charge is 0.121 e. The maximum absolute atomic E-state index is 5.29. The minimum Gasteiger partial charge on any atom is -0.497 e. The SMILES string of the molecule is COc1ccc2nc(CN3CCN(Cc4ccccc4C)CC3)[nH]c2c1. The van der Waals surface area contributed by atoms with Crippen molar-refractivity contribution in [2.24, 2.45) is 0 Å². The fourth-order valence-corrected chi connectivity index (χ4v) is 3.59. The van der Waals surface area contributed by atoms with Crippen LogP contribution in [0.15, 0.2) is 42.5 Å². The van der Waals surface area contributed by atoms with Crippen molar-refractivity contribution in [1.82, 2.24) is 19.8 Å². The second-order valence-corrected chi connectivity index (χ2v) is 7.05. The van der Waals surface area contributed by atoms with Crippen LogP contribution < -0.4 is 4.74 Å². The number of methoxy groups -OCH3 is 1. The van der Waals surface area contributed by atoms with Gasteiger partial charge in [-0.3, -0.25) is 9.80 Å². The summed E-state index contributed by atoms with van der Waals surface area (Å²) in [7, 11) is 1.69. The molecule has 0 aliphatic carbocycles. The molecular formula is C21H26N4O. The number of ether oxygens (including phenoxy) is 1. The minimum atomic E-state index is 0.859. The number of rotatable bonds is 5. The van der Waals surface area contributed by atoms with Gasteiger partial charge in [0.25, 0.3) is 0 Å². The molecule has 0 atom stereocenters. The number of hydrogen-bond acceptors (Lipinski definition) is 4. The van der Waals surface area contributed by atoms with Crippen LogP contribution in [0.2, 0.25) is 0 Å². The molecule has 0 spiro atoms. The molecule has 1 aliphatic heterocycles. The molecule has 0 unspecified atom stereocenters. The molecule has 1 fully saturated rings. The lowest BCUT2D eigenvalue weighted by Crippen LogP contribution is -2.45. The van der Waals surface area contributed by atoms with E-state index in [2.05, 4.69) is 46.0 Å². The Kier molecular flexibility index (Phi) is 4.91. The number of H-pyrrole nitrogens is 1. The number of hydrogen-bond donors (Lipinski definition) is 1. The van der Waals surface area contributed by atoms with E-state index >= 15 is 0 Å². The van der Waals surface area contributed by atoms with Crippen LogP contribution in [-0.2, 0) is 13.1 Å². The van der Waals surface area contributed by atoms with Gasteiger partial charge in [-0.15, -0.1) is 0 Å². The molecule has 4 rings (SSSR count). The predicted octanol–water partition coefficient (Wildman–Crippen LogP) is 3.20. The summed E-state index contributed by atoms with van der Waals surface area (Å²) in [5.74, 6) is 1.89. The molecule has 3 aromatic rings. The fourth-order valence-electron chi connectivity index (χ4n) is 3.59.